The van der Waals surface area contributed by atoms with Crippen LogP contribution in [0.4, 0.5) is 46.4 Å². The van der Waals surface area contributed by atoms with Gasteiger partial charge in [-0.05, 0) is 66.7 Å². The maximum Gasteiger partial charge on any atom is 0.416 e. The van der Waals surface area contributed by atoms with Crippen LogP contribution in [0.25, 0.3) is 11.6 Å². The summed E-state index contributed by atoms with van der Waals surface area (Å²) in [7, 11) is 0. The second-order valence-corrected chi connectivity index (χ2v) is 8.26. The summed E-state index contributed by atoms with van der Waals surface area (Å²) in [5, 5.41) is 11.1. The van der Waals surface area contributed by atoms with Crippen LogP contribution in [-0.2, 0) is 11.0 Å². The Balaban J connectivity index is 1.26. The van der Waals surface area contributed by atoms with E-state index in [0.29, 0.717) is 28.3 Å². The lowest BCUT2D eigenvalue weighted by molar-refractivity contribution is -0.137. The SMILES string of the molecule is O=C(Nc1cccc(Nc2ccc3c(c2)NC(=O)C3=Cc2ccc[nH]2)c1)Nc1cccc(C(F)(F)F)c1. The van der Waals surface area contributed by atoms with Gasteiger partial charge in [-0.15, -0.1) is 0 Å². The first-order valence-electron chi connectivity index (χ1n) is 11.2. The number of halogens is 3. The van der Waals surface area contributed by atoms with Gasteiger partial charge < -0.3 is 26.3 Å². The molecular weight excluding hydrogens is 483 g/mol. The molecule has 0 radical (unpaired) electrons. The largest absolute Gasteiger partial charge is 0.416 e. The van der Waals surface area contributed by atoms with Crippen LogP contribution in [0.15, 0.2) is 85.1 Å². The fourth-order valence-electron chi connectivity index (χ4n) is 3.91. The maximum absolute atomic E-state index is 12.9. The van der Waals surface area contributed by atoms with E-state index in [-0.39, 0.29) is 11.6 Å². The van der Waals surface area contributed by atoms with Gasteiger partial charge in [-0.3, -0.25) is 4.79 Å². The molecule has 1 aromatic heterocycles. The number of carbonyl (C=O) groups excluding carboxylic acids is 2. The molecule has 0 saturated carbocycles. The number of hydrogen-bond acceptors (Lipinski definition) is 3. The van der Waals surface area contributed by atoms with E-state index in [1.807, 2.05) is 30.3 Å². The number of amides is 3. The third-order valence-corrected chi connectivity index (χ3v) is 5.58. The second kappa shape index (κ2) is 9.57. The molecule has 7 nitrogen and oxygen atoms in total. The van der Waals surface area contributed by atoms with Crippen LogP contribution in [-0.4, -0.2) is 16.9 Å². The molecular formula is C27H20F3N5O2. The van der Waals surface area contributed by atoms with Crippen LogP contribution in [0.1, 0.15) is 16.8 Å². The Kier molecular flexibility index (Phi) is 6.14. The van der Waals surface area contributed by atoms with Crippen molar-refractivity contribution >= 4 is 52.0 Å². The number of benzene rings is 3. The van der Waals surface area contributed by atoms with Gasteiger partial charge in [0.1, 0.15) is 0 Å². The predicted molar refractivity (Wildman–Crippen MR) is 138 cm³/mol. The first-order chi connectivity index (χ1) is 17.7. The highest BCUT2D eigenvalue weighted by Crippen LogP contribution is 2.36. The molecule has 0 atom stereocenters. The zero-order valence-electron chi connectivity index (χ0n) is 19.1. The third kappa shape index (κ3) is 5.48. The summed E-state index contributed by atoms with van der Waals surface area (Å²) >= 11 is 0. The summed E-state index contributed by atoms with van der Waals surface area (Å²) in [6.45, 7) is 0. The number of carbonyl (C=O) groups is 2. The van der Waals surface area contributed by atoms with Crippen molar-refractivity contribution in [2.45, 2.75) is 6.18 Å². The summed E-state index contributed by atoms with van der Waals surface area (Å²) in [6, 6.07) is 19.8. The van der Waals surface area contributed by atoms with Crippen molar-refractivity contribution in [1.29, 1.82) is 0 Å². The number of rotatable bonds is 5. The number of alkyl halides is 3. The van der Waals surface area contributed by atoms with Crippen LogP contribution in [0.5, 0.6) is 0 Å². The Labute approximate surface area is 209 Å². The van der Waals surface area contributed by atoms with Crippen LogP contribution < -0.4 is 21.3 Å². The lowest BCUT2D eigenvalue weighted by atomic mass is 10.1. The number of aromatic amines is 1. The van der Waals surface area contributed by atoms with Crippen LogP contribution >= 0.6 is 0 Å². The monoisotopic (exact) mass is 503 g/mol. The highest BCUT2D eigenvalue weighted by atomic mass is 19.4. The third-order valence-electron chi connectivity index (χ3n) is 5.58. The zero-order chi connectivity index (χ0) is 26.0. The predicted octanol–water partition coefficient (Wildman–Crippen LogP) is 6.91. The lowest BCUT2D eigenvalue weighted by Crippen LogP contribution is -2.19. The van der Waals surface area contributed by atoms with Crippen molar-refractivity contribution in [3.63, 3.8) is 0 Å². The van der Waals surface area contributed by atoms with E-state index in [1.165, 1.54) is 12.1 Å². The number of H-pyrrole nitrogens is 1. The molecule has 186 valence electrons. The van der Waals surface area contributed by atoms with Gasteiger partial charge in [0.05, 0.1) is 16.8 Å². The van der Waals surface area contributed by atoms with E-state index in [1.54, 1.807) is 36.5 Å². The Bertz CT molecular complexity index is 1510. The lowest BCUT2D eigenvalue weighted by Gasteiger charge is -2.12. The Morgan fingerprint density at radius 2 is 1.51 bits per heavy atom. The van der Waals surface area contributed by atoms with Gasteiger partial charge in [0.2, 0.25) is 0 Å². The van der Waals surface area contributed by atoms with Crippen molar-refractivity contribution in [1.82, 2.24) is 4.98 Å². The van der Waals surface area contributed by atoms with E-state index in [9.17, 15) is 22.8 Å². The summed E-state index contributed by atoms with van der Waals surface area (Å²) in [4.78, 5) is 27.9. The van der Waals surface area contributed by atoms with Crippen LogP contribution in [0.3, 0.4) is 0 Å². The van der Waals surface area contributed by atoms with Gasteiger partial charge in [0.25, 0.3) is 5.91 Å². The number of hydrogen-bond donors (Lipinski definition) is 5. The molecule has 1 aliphatic heterocycles. The average molecular weight is 503 g/mol. The van der Waals surface area contributed by atoms with E-state index in [2.05, 4.69) is 26.3 Å². The summed E-state index contributed by atoms with van der Waals surface area (Å²) in [6.07, 6.45) is -0.937. The topological polar surface area (TPSA) is 98.1 Å². The Morgan fingerprint density at radius 3 is 2.24 bits per heavy atom. The smallest absolute Gasteiger partial charge is 0.362 e. The molecule has 0 spiro atoms. The highest BCUT2D eigenvalue weighted by molar-refractivity contribution is 6.35. The molecule has 10 heteroatoms. The van der Waals surface area contributed by atoms with Crippen molar-refractivity contribution in [3.05, 3.63) is 102 Å². The summed E-state index contributed by atoms with van der Waals surface area (Å²) < 4.78 is 38.7. The average Bonchev–Trinajstić information content (AvgIpc) is 3.46. The van der Waals surface area contributed by atoms with Crippen LogP contribution in [0, 0.1) is 0 Å². The normalized spacial score (nSPS) is 13.7. The second-order valence-electron chi connectivity index (χ2n) is 8.26. The molecule has 37 heavy (non-hydrogen) atoms. The first-order valence-corrected chi connectivity index (χ1v) is 11.2. The number of aromatic nitrogens is 1. The number of urea groups is 1. The van der Waals surface area contributed by atoms with E-state index >= 15 is 0 Å². The molecule has 5 N–H and O–H groups in total. The zero-order valence-corrected chi connectivity index (χ0v) is 19.1. The van der Waals surface area contributed by atoms with Gasteiger partial charge in [-0.1, -0.05) is 18.2 Å². The van der Waals surface area contributed by atoms with E-state index in [4.69, 9.17) is 0 Å². The van der Waals surface area contributed by atoms with Gasteiger partial charge in [0, 0.05) is 40.2 Å². The standard InChI is InChI=1S/C27H20F3N5O2/c28-27(29,30)16-4-1-5-18(12-16)33-26(37)34-20-7-2-6-19(13-20)32-21-9-10-22-23(14-17-8-3-11-31-17)25(36)35-24(22)15-21/h1-15,31-32H,(H,35,36)(H2,33,34,37). The molecule has 5 rings (SSSR count). The molecule has 1 aliphatic rings. The molecule has 2 heterocycles. The molecule has 3 amide bonds. The Morgan fingerprint density at radius 1 is 0.811 bits per heavy atom. The van der Waals surface area contributed by atoms with Crippen molar-refractivity contribution < 1.29 is 22.8 Å². The minimum atomic E-state index is -4.51. The van der Waals surface area contributed by atoms with E-state index < -0.39 is 17.8 Å². The van der Waals surface area contributed by atoms with Gasteiger partial charge in [-0.2, -0.15) is 13.2 Å². The van der Waals surface area contributed by atoms with Crippen molar-refractivity contribution in [2.24, 2.45) is 0 Å². The molecule has 3 aromatic carbocycles. The first kappa shape index (κ1) is 23.7. The highest BCUT2D eigenvalue weighted by Gasteiger charge is 2.30. The molecule has 0 saturated heterocycles. The van der Waals surface area contributed by atoms with Gasteiger partial charge in [0.15, 0.2) is 0 Å². The van der Waals surface area contributed by atoms with Crippen molar-refractivity contribution in [3.8, 4) is 0 Å². The molecule has 0 fully saturated rings. The number of anilines is 5. The van der Waals surface area contributed by atoms with Gasteiger partial charge in [-0.25, -0.2) is 4.79 Å². The van der Waals surface area contributed by atoms with Crippen LogP contribution in [0.2, 0.25) is 0 Å². The van der Waals surface area contributed by atoms with Gasteiger partial charge >= 0.3 is 12.2 Å². The fourth-order valence-corrected chi connectivity index (χ4v) is 3.91. The van der Waals surface area contributed by atoms with Crippen molar-refractivity contribution in [2.75, 3.05) is 21.3 Å². The summed E-state index contributed by atoms with van der Waals surface area (Å²) in [5.41, 5.74) is 3.80. The molecule has 0 unspecified atom stereocenters. The molecule has 0 aliphatic carbocycles. The molecule has 4 aromatic rings. The number of fused-ring (bicyclic) bond motifs is 1. The summed E-state index contributed by atoms with van der Waals surface area (Å²) in [5.74, 6) is -0.195. The number of nitrogens with one attached hydrogen (secondary N) is 5. The quantitative estimate of drug-likeness (QED) is 0.191. The van der Waals surface area contributed by atoms with E-state index in [0.717, 1.165) is 23.4 Å². The fraction of sp³-hybridized carbons (Fsp3) is 0.0370. The maximum atomic E-state index is 12.9. The molecule has 0 bridgehead atoms. The minimum absolute atomic E-state index is 0.0199. The minimum Gasteiger partial charge on any atom is -0.362 e. The Hall–Kier alpha value is -4.99.